The molecule has 0 saturated heterocycles. The maximum Gasteiger partial charge on any atom is 0.212 e. The molecule has 0 bridgehead atoms. The van der Waals surface area contributed by atoms with Crippen molar-refractivity contribution in [3.8, 4) is 5.75 Å². The largest absolute Gasteiger partial charge is 0.497 e. The minimum Gasteiger partial charge on any atom is -0.497 e. The van der Waals surface area contributed by atoms with E-state index >= 15 is 0 Å². The Hall–Kier alpha value is -2.31. The molecule has 0 aliphatic heterocycles. The van der Waals surface area contributed by atoms with Gasteiger partial charge in [-0.3, -0.25) is 0 Å². The predicted octanol–water partition coefficient (Wildman–Crippen LogP) is 4.11. The number of hydrogen-bond acceptors (Lipinski definition) is 5. The summed E-state index contributed by atoms with van der Waals surface area (Å²) >= 11 is 7.71. The summed E-state index contributed by atoms with van der Waals surface area (Å²) in [6.07, 6.45) is 3.32. The van der Waals surface area contributed by atoms with Crippen molar-refractivity contribution in [2.75, 3.05) is 7.11 Å². The molecule has 0 saturated carbocycles. The SMILES string of the molecule is COc1cccc(/C=N\n2cnnc2SCc2ccccc2Cl)c1. The Kier molecular flexibility index (Phi) is 5.51. The normalized spacial score (nSPS) is 11.1. The molecule has 0 spiro atoms. The summed E-state index contributed by atoms with van der Waals surface area (Å²) in [6, 6.07) is 15.4. The molecule has 0 amide bonds. The zero-order valence-corrected chi connectivity index (χ0v) is 14.5. The number of hydrogen-bond donors (Lipinski definition) is 0. The molecule has 0 unspecified atom stereocenters. The van der Waals surface area contributed by atoms with E-state index in [1.807, 2.05) is 48.5 Å². The second kappa shape index (κ2) is 7.99. The van der Waals surface area contributed by atoms with Crippen LogP contribution in [0.1, 0.15) is 11.1 Å². The molecular weight excluding hydrogens is 344 g/mol. The second-order valence-corrected chi connectivity index (χ2v) is 6.21. The van der Waals surface area contributed by atoms with Crippen molar-refractivity contribution < 1.29 is 4.74 Å². The highest BCUT2D eigenvalue weighted by atomic mass is 35.5. The minimum atomic E-state index is 0.701. The van der Waals surface area contributed by atoms with Crippen LogP contribution in [0.3, 0.4) is 0 Å². The lowest BCUT2D eigenvalue weighted by Gasteiger charge is -2.03. The van der Waals surface area contributed by atoms with E-state index in [0.29, 0.717) is 10.9 Å². The molecule has 3 aromatic rings. The van der Waals surface area contributed by atoms with Gasteiger partial charge in [0, 0.05) is 10.8 Å². The Bertz CT molecular complexity index is 850. The topological polar surface area (TPSA) is 52.3 Å². The van der Waals surface area contributed by atoms with E-state index in [0.717, 1.165) is 21.9 Å². The molecule has 0 N–H and O–H groups in total. The summed E-state index contributed by atoms with van der Waals surface area (Å²) in [6.45, 7) is 0. The molecule has 1 aromatic heterocycles. The Morgan fingerprint density at radius 1 is 1.25 bits per heavy atom. The fraction of sp³-hybridized carbons (Fsp3) is 0.118. The third kappa shape index (κ3) is 4.15. The van der Waals surface area contributed by atoms with Gasteiger partial charge in [-0.1, -0.05) is 53.7 Å². The number of aromatic nitrogens is 3. The fourth-order valence-corrected chi connectivity index (χ4v) is 3.15. The Balaban J connectivity index is 1.71. The summed E-state index contributed by atoms with van der Waals surface area (Å²) in [4.78, 5) is 0. The van der Waals surface area contributed by atoms with Gasteiger partial charge in [0.2, 0.25) is 5.16 Å². The van der Waals surface area contributed by atoms with Crippen LogP contribution in [0.2, 0.25) is 5.02 Å². The molecule has 0 radical (unpaired) electrons. The van der Waals surface area contributed by atoms with Crippen LogP contribution in [0.25, 0.3) is 0 Å². The number of thioether (sulfide) groups is 1. The molecule has 5 nitrogen and oxygen atoms in total. The van der Waals surface area contributed by atoms with Crippen molar-refractivity contribution >= 4 is 29.6 Å². The molecule has 0 fully saturated rings. The highest BCUT2D eigenvalue weighted by Crippen LogP contribution is 2.25. The highest BCUT2D eigenvalue weighted by molar-refractivity contribution is 7.98. The Morgan fingerprint density at radius 3 is 2.96 bits per heavy atom. The van der Waals surface area contributed by atoms with Crippen LogP contribution in [0.15, 0.2) is 65.1 Å². The van der Waals surface area contributed by atoms with Crippen LogP contribution in [0.5, 0.6) is 5.75 Å². The molecule has 122 valence electrons. The molecule has 0 atom stereocenters. The quantitative estimate of drug-likeness (QED) is 0.491. The van der Waals surface area contributed by atoms with Crippen molar-refractivity contribution in [1.82, 2.24) is 14.9 Å². The van der Waals surface area contributed by atoms with Gasteiger partial charge in [-0.15, -0.1) is 10.2 Å². The first kappa shape index (κ1) is 16.5. The minimum absolute atomic E-state index is 0.701. The van der Waals surface area contributed by atoms with Crippen molar-refractivity contribution in [3.05, 3.63) is 71.0 Å². The molecule has 1 heterocycles. The van der Waals surface area contributed by atoms with Crippen LogP contribution >= 0.6 is 23.4 Å². The van der Waals surface area contributed by atoms with Gasteiger partial charge in [-0.25, -0.2) is 0 Å². The monoisotopic (exact) mass is 358 g/mol. The van der Waals surface area contributed by atoms with E-state index in [-0.39, 0.29) is 0 Å². The van der Waals surface area contributed by atoms with Crippen LogP contribution in [-0.4, -0.2) is 28.2 Å². The smallest absolute Gasteiger partial charge is 0.212 e. The molecule has 7 heteroatoms. The first-order valence-corrected chi connectivity index (χ1v) is 8.57. The average molecular weight is 359 g/mol. The van der Waals surface area contributed by atoms with Crippen molar-refractivity contribution in [2.45, 2.75) is 10.9 Å². The zero-order chi connectivity index (χ0) is 16.8. The Morgan fingerprint density at radius 2 is 2.12 bits per heavy atom. The van der Waals surface area contributed by atoms with Gasteiger partial charge in [0.1, 0.15) is 12.1 Å². The summed E-state index contributed by atoms with van der Waals surface area (Å²) in [7, 11) is 1.64. The van der Waals surface area contributed by atoms with Crippen LogP contribution in [0, 0.1) is 0 Å². The number of rotatable bonds is 6. The predicted molar refractivity (Wildman–Crippen MR) is 97.0 cm³/mol. The molecule has 0 aliphatic rings. The molecule has 0 aliphatic carbocycles. The van der Waals surface area contributed by atoms with Crippen LogP contribution < -0.4 is 4.74 Å². The van der Waals surface area contributed by atoms with Gasteiger partial charge in [0.25, 0.3) is 0 Å². The van der Waals surface area contributed by atoms with Gasteiger partial charge in [0.15, 0.2) is 0 Å². The lowest BCUT2D eigenvalue weighted by atomic mass is 10.2. The van der Waals surface area contributed by atoms with Gasteiger partial charge < -0.3 is 4.74 Å². The summed E-state index contributed by atoms with van der Waals surface area (Å²) in [5, 5.41) is 13.9. The second-order valence-electron chi connectivity index (χ2n) is 4.86. The Labute approximate surface area is 149 Å². The summed E-state index contributed by atoms with van der Waals surface area (Å²) in [5.41, 5.74) is 1.99. The van der Waals surface area contributed by atoms with Gasteiger partial charge in [0.05, 0.1) is 13.3 Å². The first-order chi connectivity index (χ1) is 11.8. The van der Waals surface area contributed by atoms with Crippen LogP contribution in [0.4, 0.5) is 0 Å². The number of ether oxygens (including phenoxy) is 1. The van der Waals surface area contributed by atoms with E-state index in [4.69, 9.17) is 16.3 Å². The number of nitrogens with zero attached hydrogens (tertiary/aromatic N) is 4. The van der Waals surface area contributed by atoms with Gasteiger partial charge in [-0.2, -0.15) is 9.78 Å². The third-order valence-corrected chi connectivity index (χ3v) is 4.59. The van der Waals surface area contributed by atoms with Crippen molar-refractivity contribution in [3.63, 3.8) is 0 Å². The average Bonchev–Trinajstić information content (AvgIpc) is 3.07. The molecule has 24 heavy (non-hydrogen) atoms. The number of benzene rings is 2. The number of methoxy groups -OCH3 is 1. The van der Waals surface area contributed by atoms with Crippen LogP contribution in [-0.2, 0) is 5.75 Å². The maximum absolute atomic E-state index is 6.18. The van der Waals surface area contributed by atoms with E-state index < -0.39 is 0 Å². The first-order valence-electron chi connectivity index (χ1n) is 7.21. The summed E-state index contributed by atoms with van der Waals surface area (Å²) in [5.74, 6) is 1.49. The standard InChI is InChI=1S/C17H15ClN4OS/c1-23-15-7-4-5-13(9-15)10-20-22-12-19-21-17(22)24-11-14-6-2-3-8-16(14)18/h2-10,12H,11H2,1H3/b20-10-. The maximum atomic E-state index is 6.18. The van der Waals surface area contributed by atoms with Crippen molar-refractivity contribution in [2.24, 2.45) is 5.10 Å². The third-order valence-electron chi connectivity index (χ3n) is 3.24. The molecular formula is C17H15ClN4OS. The summed E-state index contributed by atoms with van der Waals surface area (Å²) < 4.78 is 6.84. The van der Waals surface area contributed by atoms with Gasteiger partial charge in [-0.05, 0) is 29.3 Å². The fourth-order valence-electron chi connectivity index (χ4n) is 2.00. The van der Waals surface area contributed by atoms with E-state index in [2.05, 4.69) is 15.3 Å². The highest BCUT2D eigenvalue weighted by Gasteiger charge is 2.06. The molecule has 2 aromatic carbocycles. The van der Waals surface area contributed by atoms with E-state index in [1.165, 1.54) is 11.8 Å². The lowest BCUT2D eigenvalue weighted by Crippen LogP contribution is -1.93. The zero-order valence-electron chi connectivity index (χ0n) is 13.0. The molecule has 3 rings (SSSR count). The lowest BCUT2D eigenvalue weighted by molar-refractivity contribution is 0.414. The van der Waals surface area contributed by atoms with Gasteiger partial charge >= 0.3 is 0 Å². The van der Waals surface area contributed by atoms with E-state index in [9.17, 15) is 0 Å². The number of halogens is 1. The van der Waals surface area contributed by atoms with E-state index in [1.54, 1.807) is 24.3 Å². The van der Waals surface area contributed by atoms with Crippen molar-refractivity contribution in [1.29, 1.82) is 0 Å².